The number of aromatic nitrogens is 2. The average Bonchev–Trinajstić information content (AvgIpc) is 3.11. The van der Waals surface area contributed by atoms with E-state index in [9.17, 15) is 0 Å². The SMILES string of the molecule is CCC(C)(C)C1CCc2sc3ncnc(N/N=C(/C)c4ccc(C)cc4)c3c2C1. The van der Waals surface area contributed by atoms with Crippen molar-refractivity contribution in [1.82, 2.24) is 9.97 Å². The minimum atomic E-state index is 0.357. The molecule has 0 saturated carbocycles. The Morgan fingerprint density at radius 1 is 1.24 bits per heavy atom. The number of thiophene rings is 1. The van der Waals surface area contributed by atoms with Crippen LogP contribution in [0.2, 0.25) is 0 Å². The molecule has 1 aromatic carbocycles. The molecule has 1 unspecified atom stereocenters. The maximum Gasteiger partial charge on any atom is 0.158 e. The lowest BCUT2D eigenvalue weighted by Crippen LogP contribution is -2.28. The lowest BCUT2D eigenvalue weighted by atomic mass is 9.69. The molecule has 2 aromatic heterocycles. The van der Waals surface area contributed by atoms with Crippen molar-refractivity contribution >= 4 is 33.1 Å². The molecule has 0 radical (unpaired) electrons. The number of fused-ring (bicyclic) bond motifs is 3. The average molecular weight is 407 g/mol. The quantitative estimate of drug-likeness (QED) is 0.395. The van der Waals surface area contributed by atoms with Gasteiger partial charge >= 0.3 is 0 Å². The van der Waals surface area contributed by atoms with Crippen LogP contribution in [0.4, 0.5) is 5.82 Å². The summed E-state index contributed by atoms with van der Waals surface area (Å²) in [6, 6.07) is 8.44. The van der Waals surface area contributed by atoms with Gasteiger partial charge in [0.05, 0.1) is 11.1 Å². The summed E-state index contributed by atoms with van der Waals surface area (Å²) >= 11 is 1.83. The van der Waals surface area contributed by atoms with Crippen molar-refractivity contribution in [3.8, 4) is 0 Å². The van der Waals surface area contributed by atoms with Gasteiger partial charge < -0.3 is 0 Å². The largest absolute Gasteiger partial charge is 0.260 e. The third kappa shape index (κ3) is 3.93. The molecule has 0 amide bonds. The van der Waals surface area contributed by atoms with E-state index < -0.39 is 0 Å². The molecule has 0 fully saturated rings. The second-order valence-electron chi connectivity index (χ2n) is 8.86. The van der Waals surface area contributed by atoms with Gasteiger partial charge in [0.2, 0.25) is 0 Å². The van der Waals surface area contributed by atoms with E-state index in [1.165, 1.54) is 34.2 Å². The minimum absolute atomic E-state index is 0.357. The van der Waals surface area contributed by atoms with Gasteiger partial charge in [-0.15, -0.1) is 11.3 Å². The van der Waals surface area contributed by atoms with E-state index in [-0.39, 0.29) is 0 Å². The van der Waals surface area contributed by atoms with Crippen molar-refractivity contribution in [2.45, 2.75) is 60.3 Å². The number of anilines is 1. The summed E-state index contributed by atoms with van der Waals surface area (Å²) in [5.74, 6) is 1.53. The summed E-state index contributed by atoms with van der Waals surface area (Å²) in [6.07, 6.45) is 6.38. The molecule has 0 spiro atoms. The van der Waals surface area contributed by atoms with Gasteiger partial charge in [-0.05, 0) is 55.6 Å². The molecule has 4 rings (SSSR count). The van der Waals surface area contributed by atoms with Gasteiger partial charge in [0.15, 0.2) is 5.82 Å². The summed E-state index contributed by atoms with van der Waals surface area (Å²) in [6.45, 7) is 11.2. The molecule has 0 bridgehead atoms. The number of nitrogens with one attached hydrogen (secondary N) is 1. The predicted octanol–water partition coefficient (Wildman–Crippen LogP) is 6.38. The molecule has 1 N–H and O–H groups in total. The van der Waals surface area contributed by atoms with Crippen molar-refractivity contribution in [3.63, 3.8) is 0 Å². The molecule has 152 valence electrons. The van der Waals surface area contributed by atoms with Crippen LogP contribution in [-0.4, -0.2) is 15.7 Å². The number of benzene rings is 1. The van der Waals surface area contributed by atoms with Crippen LogP contribution in [0.25, 0.3) is 10.2 Å². The number of nitrogens with zero attached hydrogens (tertiary/aromatic N) is 3. The van der Waals surface area contributed by atoms with E-state index in [0.717, 1.165) is 34.8 Å². The zero-order valence-electron chi connectivity index (χ0n) is 18.0. The molecule has 1 aliphatic carbocycles. The van der Waals surface area contributed by atoms with Crippen molar-refractivity contribution in [2.75, 3.05) is 5.43 Å². The first-order chi connectivity index (χ1) is 13.9. The van der Waals surface area contributed by atoms with Gasteiger partial charge in [-0.1, -0.05) is 57.0 Å². The standard InChI is InChI=1S/C24H30N4S/c1-6-24(4,5)18-11-12-20-19(13-18)21-22(25-14-26-23(21)29-20)28-27-16(3)17-9-7-15(2)8-10-17/h7-10,14,18H,6,11-13H2,1-5H3,(H,25,26,28)/b27-16-. The van der Waals surface area contributed by atoms with Crippen molar-refractivity contribution in [1.29, 1.82) is 0 Å². The van der Waals surface area contributed by atoms with E-state index >= 15 is 0 Å². The molecule has 5 heteroatoms. The second-order valence-corrected chi connectivity index (χ2v) is 9.95. The number of hydrazone groups is 1. The second kappa shape index (κ2) is 7.86. The van der Waals surface area contributed by atoms with E-state index in [2.05, 4.69) is 72.5 Å². The normalized spacial score (nSPS) is 17.4. The van der Waals surface area contributed by atoms with Gasteiger partial charge in [-0.2, -0.15) is 5.10 Å². The predicted molar refractivity (Wildman–Crippen MR) is 124 cm³/mol. The first-order valence-electron chi connectivity index (χ1n) is 10.5. The fourth-order valence-electron chi connectivity index (χ4n) is 4.14. The molecular formula is C24H30N4S. The van der Waals surface area contributed by atoms with Crippen molar-refractivity contribution in [2.24, 2.45) is 16.4 Å². The van der Waals surface area contributed by atoms with Gasteiger partial charge in [0.25, 0.3) is 0 Å². The van der Waals surface area contributed by atoms with E-state index in [0.29, 0.717) is 11.3 Å². The van der Waals surface area contributed by atoms with Crippen LogP contribution in [0.1, 0.15) is 62.1 Å². The van der Waals surface area contributed by atoms with Crippen LogP contribution in [0.3, 0.4) is 0 Å². The Morgan fingerprint density at radius 3 is 2.72 bits per heavy atom. The monoisotopic (exact) mass is 406 g/mol. The lowest BCUT2D eigenvalue weighted by molar-refractivity contribution is 0.184. The third-order valence-electron chi connectivity index (χ3n) is 6.66. The number of aryl methyl sites for hydroxylation is 2. The molecule has 4 nitrogen and oxygen atoms in total. The lowest BCUT2D eigenvalue weighted by Gasteiger charge is -2.36. The topological polar surface area (TPSA) is 50.2 Å². The Morgan fingerprint density at radius 2 is 2.00 bits per heavy atom. The highest BCUT2D eigenvalue weighted by Gasteiger charge is 2.33. The maximum atomic E-state index is 4.64. The molecule has 0 aliphatic heterocycles. The Balaban J connectivity index is 1.67. The molecule has 1 atom stereocenters. The Bertz CT molecular complexity index is 1050. The zero-order valence-corrected chi connectivity index (χ0v) is 18.9. The van der Waals surface area contributed by atoms with Crippen LogP contribution in [0, 0.1) is 18.3 Å². The summed E-state index contributed by atoms with van der Waals surface area (Å²) in [7, 11) is 0. The molecule has 0 saturated heterocycles. The fourth-order valence-corrected chi connectivity index (χ4v) is 5.33. The van der Waals surface area contributed by atoms with Crippen LogP contribution in [0.5, 0.6) is 0 Å². The molecule has 1 aliphatic rings. The summed E-state index contributed by atoms with van der Waals surface area (Å²) in [4.78, 5) is 11.7. The van der Waals surface area contributed by atoms with Gasteiger partial charge in [0.1, 0.15) is 11.2 Å². The van der Waals surface area contributed by atoms with Crippen LogP contribution < -0.4 is 5.43 Å². The molecular weight excluding hydrogens is 376 g/mol. The number of hydrogen-bond donors (Lipinski definition) is 1. The summed E-state index contributed by atoms with van der Waals surface area (Å²) in [5, 5.41) is 5.81. The highest BCUT2D eigenvalue weighted by atomic mass is 32.1. The molecule has 29 heavy (non-hydrogen) atoms. The highest BCUT2D eigenvalue weighted by molar-refractivity contribution is 7.19. The van der Waals surface area contributed by atoms with Crippen LogP contribution in [0.15, 0.2) is 35.7 Å². The summed E-state index contributed by atoms with van der Waals surface area (Å²) in [5.41, 5.74) is 8.36. The number of hydrogen-bond acceptors (Lipinski definition) is 5. The Kier molecular flexibility index (Phi) is 5.43. The zero-order chi connectivity index (χ0) is 20.6. The summed E-state index contributed by atoms with van der Waals surface area (Å²) < 4.78 is 0. The molecule has 3 aromatic rings. The van der Waals surface area contributed by atoms with E-state index in [4.69, 9.17) is 0 Å². The highest BCUT2D eigenvalue weighted by Crippen LogP contribution is 2.45. The number of rotatable bonds is 5. The minimum Gasteiger partial charge on any atom is -0.260 e. The maximum absolute atomic E-state index is 4.64. The Hall–Kier alpha value is -2.27. The van der Waals surface area contributed by atoms with Crippen LogP contribution in [-0.2, 0) is 12.8 Å². The van der Waals surface area contributed by atoms with E-state index in [1.807, 2.05) is 18.3 Å². The molecule has 2 heterocycles. The van der Waals surface area contributed by atoms with Gasteiger partial charge in [0, 0.05) is 4.88 Å². The van der Waals surface area contributed by atoms with Crippen molar-refractivity contribution in [3.05, 3.63) is 52.2 Å². The van der Waals surface area contributed by atoms with Gasteiger partial charge in [-0.3, -0.25) is 5.43 Å². The van der Waals surface area contributed by atoms with Crippen molar-refractivity contribution < 1.29 is 0 Å². The smallest absolute Gasteiger partial charge is 0.158 e. The van der Waals surface area contributed by atoms with E-state index in [1.54, 1.807) is 6.33 Å². The Labute approximate surface area is 177 Å². The van der Waals surface area contributed by atoms with Gasteiger partial charge in [-0.25, -0.2) is 9.97 Å². The first kappa shape index (κ1) is 20.0. The van der Waals surface area contributed by atoms with Crippen LogP contribution >= 0.6 is 11.3 Å². The first-order valence-corrected chi connectivity index (χ1v) is 11.3. The third-order valence-corrected chi connectivity index (χ3v) is 7.86. The fraction of sp³-hybridized carbons (Fsp3) is 0.458.